The molecule has 1 unspecified atom stereocenters. The third-order valence-corrected chi connectivity index (χ3v) is 6.18. The van der Waals surface area contributed by atoms with Crippen LogP contribution in [-0.2, 0) is 0 Å². The minimum Gasteiger partial charge on any atom is -0.388 e. The first kappa shape index (κ1) is 18.4. The highest BCUT2D eigenvalue weighted by molar-refractivity contribution is 7.17. The molecule has 3 aromatic rings. The number of nitrogens with zero attached hydrogens (tertiary/aromatic N) is 2. The lowest BCUT2D eigenvalue weighted by molar-refractivity contribution is 0.164. The molecule has 1 fully saturated rings. The number of piperazine rings is 1. The number of anilines is 1. The first-order chi connectivity index (χ1) is 13.3. The molecule has 27 heavy (non-hydrogen) atoms. The highest BCUT2D eigenvalue weighted by Gasteiger charge is 2.17. The van der Waals surface area contributed by atoms with E-state index in [9.17, 15) is 5.11 Å². The Bertz CT molecular complexity index is 884. The van der Waals surface area contributed by atoms with E-state index in [1.54, 1.807) is 11.3 Å². The quantitative estimate of drug-likeness (QED) is 0.655. The van der Waals surface area contributed by atoms with Crippen molar-refractivity contribution in [1.29, 1.82) is 0 Å². The molecule has 0 amide bonds. The summed E-state index contributed by atoms with van der Waals surface area (Å²) in [5, 5.41) is 17.1. The van der Waals surface area contributed by atoms with Crippen molar-refractivity contribution in [3.05, 3.63) is 47.3 Å². The van der Waals surface area contributed by atoms with Gasteiger partial charge in [-0.15, -0.1) is 11.3 Å². The van der Waals surface area contributed by atoms with Gasteiger partial charge in [0.15, 0.2) is 0 Å². The third kappa shape index (κ3) is 4.00. The van der Waals surface area contributed by atoms with Gasteiger partial charge in [-0.1, -0.05) is 44.0 Å². The van der Waals surface area contributed by atoms with E-state index >= 15 is 0 Å². The zero-order valence-corrected chi connectivity index (χ0v) is 16.6. The molecule has 1 saturated heterocycles. The Labute approximate surface area is 164 Å². The number of unbranched alkanes of at least 4 members (excludes halogenated alkanes) is 1. The molecule has 5 heteroatoms. The lowest BCUT2D eigenvalue weighted by Crippen LogP contribution is -2.43. The van der Waals surface area contributed by atoms with Crippen LogP contribution in [0.2, 0.25) is 0 Å². The molecule has 0 bridgehead atoms. The van der Waals surface area contributed by atoms with Crippen LogP contribution in [0.4, 0.5) is 5.82 Å². The summed E-state index contributed by atoms with van der Waals surface area (Å²) in [6.45, 7) is 6.14. The average Bonchev–Trinajstić information content (AvgIpc) is 3.21. The molecule has 1 aliphatic rings. The third-order valence-electron chi connectivity index (χ3n) is 5.26. The SMILES string of the molecule is CCCCC(O)c1ccc(-c2cc3ccsc3c(N3CCNCC3)n2)cc1. The maximum atomic E-state index is 10.3. The first-order valence-corrected chi connectivity index (χ1v) is 10.8. The van der Waals surface area contributed by atoms with Crippen LogP contribution in [0.5, 0.6) is 0 Å². The molecule has 0 radical (unpaired) electrons. The topological polar surface area (TPSA) is 48.4 Å². The van der Waals surface area contributed by atoms with Crippen LogP contribution in [0.25, 0.3) is 21.3 Å². The van der Waals surface area contributed by atoms with Gasteiger partial charge in [-0.25, -0.2) is 4.98 Å². The number of nitrogens with one attached hydrogen (secondary N) is 1. The van der Waals surface area contributed by atoms with Gasteiger partial charge < -0.3 is 15.3 Å². The van der Waals surface area contributed by atoms with Gasteiger partial charge in [0, 0.05) is 31.7 Å². The smallest absolute Gasteiger partial charge is 0.147 e. The van der Waals surface area contributed by atoms with E-state index in [-0.39, 0.29) is 6.10 Å². The molecule has 4 nitrogen and oxygen atoms in total. The lowest BCUT2D eigenvalue weighted by Gasteiger charge is -2.29. The molecule has 2 aromatic heterocycles. The van der Waals surface area contributed by atoms with Gasteiger partial charge >= 0.3 is 0 Å². The van der Waals surface area contributed by atoms with Gasteiger partial charge in [0.1, 0.15) is 5.82 Å². The fraction of sp³-hybridized carbons (Fsp3) is 0.409. The van der Waals surface area contributed by atoms with E-state index in [1.807, 2.05) is 12.1 Å². The number of thiophene rings is 1. The Morgan fingerprint density at radius 1 is 1.19 bits per heavy atom. The minimum atomic E-state index is -0.372. The maximum Gasteiger partial charge on any atom is 0.147 e. The number of aliphatic hydroxyl groups is 1. The zero-order valence-electron chi connectivity index (χ0n) is 15.8. The van der Waals surface area contributed by atoms with Gasteiger partial charge in [0.2, 0.25) is 0 Å². The van der Waals surface area contributed by atoms with Gasteiger partial charge in [0.05, 0.1) is 16.5 Å². The Morgan fingerprint density at radius 2 is 1.96 bits per heavy atom. The van der Waals surface area contributed by atoms with E-state index in [4.69, 9.17) is 4.98 Å². The Morgan fingerprint density at radius 3 is 2.70 bits per heavy atom. The van der Waals surface area contributed by atoms with Crippen LogP contribution in [0, 0.1) is 0 Å². The molecule has 3 heterocycles. The molecule has 0 spiro atoms. The number of aromatic nitrogens is 1. The van der Waals surface area contributed by atoms with Crippen LogP contribution in [0.15, 0.2) is 41.8 Å². The predicted octanol–water partition coefficient (Wildman–Crippen LogP) is 4.60. The highest BCUT2D eigenvalue weighted by atomic mass is 32.1. The van der Waals surface area contributed by atoms with Gasteiger partial charge in [-0.2, -0.15) is 0 Å². The molecule has 1 aromatic carbocycles. The lowest BCUT2D eigenvalue weighted by atomic mass is 10.0. The number of aliphatic hydroxyl groups excluding tert-OH is 1. The van der Waals surface area contributed by atoms with Gasteiger partial charge in [-0.3, -0.25) is 0 Å². The molecule has 2 N–H and O–H groups in total. The van der Waals surface area contributed by atoms with E-state index < -0.39 is 0 Å². The number of pyridine rings is 1. The molecule has 0 aliphatic carbocycles. The predicted molar refractivity (Wildman–Crippen MR) is 115 cm³/mol. The monoisotopic (exact) mass is 381 g/mol. The van der Waals surface area contributed by atoms with Crippen LogP contribution < -0.4 is 10.2 Å². The number of hydrogen-bond donors (Lipinski definition) is 2. The fourth-order valence-electron chi connectivity index (χ4n) is 3.64. The zero-order chi connectivity index (χ0) is 18.6. The summed E-state index contributed by atoms with van der Waals surface area (Å²) in [7, 11) is 0. The summed E-state index contributed by atoms with van der Waals surface area (Å²) in [5.74, 6) is 1.10. The molecule has 1 aliphatic heterocycles. The number of fused-ring (bicyclic) bond motifs is 1. The Kier molecular flexibility index (Phi) is 5.72. The van der Waals surface area contributed by atoms with E-state index in [0.717, 1.165) is 68.1 Å². The summed E-state index contributed by atoms with van der Waals surface area (Å²) >= 11 is 1.77. The van der Waals surface area contributed by atoms with Crippen molar-refractivity contribution in [2.75, 3.05) is 31.1 Å². The maximum absolute atomic E-state index is 10.3. The largest absolute Gasteiger partial charge is 0.388 e. The van der Waals surface area contributed by atoms with Crippen molar-refractivity contribution in [3.8, 4) is 11.3 Å². The summed E-state index contributed by atoms with van der Waals surface area (Å²) in [4.78, 5) is 7.43. The van der Waals surface area contributed by atoms with E-state index in [2.05, 4.69) is 46.8 Å². The summed E-state index contributed by atoms with van der Waals surface area (Å²) < 4.78 is 1.27. The minimum absolute atomic E-state index is 0.372. The molecule has 0 saturated carbocycles. The fourth-order valence-corrected chi connectivity index (χ4v) is 4.53. The van der Waals surface area contributed by atoms with Crippen molar-refractivity contribution < 1.29 is 5.11 Å². The Balaban J connectivity index is 1.65. The van der Waals surface area contributed by atoms with E-state index in [1.165, 1.54) is 10.1 Å². The van der Waals surface area contributed by atoms with Crippen molar-refractivity contribution in [1.82, 2.24) is 10.3 Å². The van der Waals surface area contributed by atoms with Crippen LogP contribution in [0.1, 0.15) is 37.9 Å². The molecular formula is C22H27N3OS. The van der Waals surface area contributed by atoms with Crippen molar-refractivity contribution in [3.63, 3.8) is 0 Å². The normalized spacial score (nSPS) is 16.0. The summed E-state index contributed by atoms with van der Waals surface area (Å²) in [6.07, 6.45) is 2.60. The van der Waals surface area contributed by atoms with Crippen LogP contribution >= 0.6 is 11.3 Å². The molecule has 142 valence electrons. The van der Waals surface area contributed by atoms with Crippen molar-refractivity contribution in [2.24, 2.45) is 0 Å². The van der Waals surface area contributed by atoms with Crippen LogP contribution in [0.3, 0.4) is 0 Å². The average molecular weight is 382 g/mol. The number of benzene rings is 1. The first-order valence-electron chi connectivity index (χ1n) is 9.88. The van der Waals surface area contributed by atoms with E-state index in [0.29, 0.717) is 0 Å². The highest BCUT2D eigenvalue weighted by Crippen LogP contribution is 2.34. The van der Waals surface area contributed by atoms with Crippen molar-refractivity contribution >= 4 is 27.2 Å². The van der Waals surface area contributed by atoms with Crippen molar-refractivity contribution in [2.45, 2.75) is 32.3 Å². The second-order valence-corrected chi connectivity index (χ2v) is 8.10. The van der Waals surface area contributed by atoms with Gasteiger partial charge in [0.25, 0.3) is 0 Å². The number of hydrogen-bond acceptors (Lipinski definition) is 5. The standard InChI is InChI=1S/C22H27N3OS/c1-2-3-4-20(26)17-7-5-16(6-8-17)19-15-18-9-14-27-21(18)22(24-19)25-12-10-23-11-13-25/h5-9,14-15,20,23,26H,2-4,10-13H2,1H3. The summed E-state index contributed by atoms with van der Waals surface area (Å²) in [6, 6.07) is 12.6. The Hall–Kier alpha value is -1.95. The second-order valence-electron chi connectivity index (χ2n) is 7.19. The molecule has 1 atom stereocenters. The molecule has 4 rings (SSSR count). The van der Waals surface area contributed by atoms with Crippen LogP contribution in [-0.4, -0.2) is 36.3 Å². The molecular weight excluding hydrogens is 354 g/mol. The summed E-state index contributed by atoms with van der Waals surface area (Å²) in [5.41, 5.74) is 3.10. The number of rotatable bonds is 6. The van der Waals surface area contributed by atoms with Gasteiger partial charge in [-0.05, 0) is 34.9 Å². The second kappa shape index (κ2) is 8.38.